The molecule has 0 aliphatic carbocycles. The van der Waals surface area contributed by atoms with Crippen molar-refractivity contribution in [2.75, 3.05) is 19.6 Å². The highest BCUT2D eigenvalue weighted by molar-refractivity contribution is 4.98. The molecule has 1 aromatic heterocycles. The minimum Gasteiger partial charge on any atom is -0.468 e. The molecule has 1 fully saturated rings. The fourth-order valence-corrected chi connectivity index (χ4v) is 1.87. The van der Waals surface area contributed by atoms with E-state index >= 15 is 0 Å². The van der Waals surface area contributed by atoms with Gasteiger partial charge in [0, 0.05) is 6.54 Å². The van der Waals surface area contributed by atoms with Gasteiger partial charge in [0.25, 0.3) is 0 Å². The van der Waals surface area contributed by atoms with E-state index in [2.05, 4.69) is 4.90 Å². The molecule has 1 unspecified atom stereocenters. The molecule has 1 atom stereocenters. The minimum absolute atomic E-state index is 0.690. The number of furan rings is 1. The van der Waals surface area contributed by atoms with Gasteiger partial charge in [-0.1, -0.05) is 0 Å². The van der Waals surface area contributed by atoms with Gasteiger partial charge in [0.1, 0.15) is 5.76 Å². The molecule has 0 spiro atoms. The summed E-state index contributed by atoms with van der Waals surface area (Å²) in [5.74, 6) is 1.74. The molecule has 1 saturated heterocycles. The van der Waals surface area contributed by atoms with Crippen LogP contribution in [-0.2, 0) is 6.54 Å². The van der Waals surface area contributed by atoms with Gasteiger partial charge in [-0.25, -0.2) is 0 Å². The van der Waals surface area contributed by atoms with E-state index in [-0.39, 0.29) is 0 Å². The Bertz CT molecular complexity index is 245. The molecule has 72 valence electrons. The average molecular weight is 180 g/mol. The molecule has 0 bridgehead atoms. The quantitative estimate of drug-likeness (QED) is 0.756. The van der Waals surface area contributed by atoms with Crippen LogP contribution in [0.15, 0.2) is 22.8 Å². The first kappa shape index (κ1) is 8.78. The lowest BCUT2D eigenvalue weighted by Gasteiger charge is -2.13. The van der Waals surface area contributed by atoms with Gasteiger partial charge in [-0.15, -0.1) is 0 Å². The van der Waals surface area contributed by atoms with Gasteiger partial charge in [0.05, 0.1) is 12.8 Å². The summed E-state index contributed by atoms with van der Waals surface area (Å²) in [5.41, 5.74) is 5.62. The maximum atomic E-state index is 5.62. The maximum absolute atomic E-state index is 5.62. The molecule has 2 rings (SSSR count). The molecule has 2 N–H and O–H groups in total. The average Bonchev–Trinajstić information content (AvgIpc) is 2.76. The van der Waals surface area contributed by atoms with Gasteiger partial charge in [-0.2, -0.15) is 0 Å². The van der Waals surface area contributed by atoms with Crippen LogP contribution in [0.4, 0.5) is 0 Å². The van der Waals surface area contributed by atoms with Crippen molar-refractivity contribution in [1.29, 1.82) is 0 Å². The Hall–Kier alpha value is -0.800. The zero-order valence-electron chi connectivity index (χ0n) is 7.78. The van der Waals surface area contributed by atoms with Crippen LogP contribution in [0, 0.1) is 5.92 Å². The van der Waals surface area contributed by atoms with Crippen molar-refractivity contribution in [3.05, 3.63) is 24.2 Å². The third-order valence-corrected chi connectivity index (χ3v) is 2.66. The summed E-state index contributed by atoms with van der Waals surface area (Å²) in [6, 6.07) is 3.96. The number of rotatable bonds is 3. The summed E-state index contributed by atoms with van der Waals surface area (Å²) >= 11 is 0. The van der Waals surface area contributed by atoms with Crippen molar-refractivity contribution in [3.63, 3.8) is 0 Å². The van der Waals surface area contributed by atoms with E-state index in [0.717, 1.165) is 31.9 Å². The van der Waals surface area contributed by atoms with Crippen molar-refractivity contribution < 1.29 is 4.42 Å². The largest absolute Gasteiger partial charge is 0.468 e. The Morgan fingerprint density at radius 1 is 1.62 bits per heavy atom. The monoisotopic (exact) mass is 180 g/mol. The zero-order valence-corrected chi connectivity index (χ0v) is 7.78. The fourth-order valence-electron chi connectivity index (χ4n) is 1.87. The van der Waals surface area contributed by atoms with Gasteiger partial charge in [0.15, 0.2) is 0 Å². The van der Waals surface area contributed by atoms with Crippen LogP contribution in [0.5, 0.6) is 0 Å². The lowest BCUT2D eigenvalue weighted by atomic mass is 10.1. The number of likely N-dealkylation sites (tertiary alicyclic amines) is 1. The molecule has 0 amide bonds. The molecular weight excluding hydrogens is 164 g/mol. The second-order valence-corrected chi connectivity index (χ2v) is 3.70. The number of nitrogens with two attached hydrogens (primary N) is 1. The van der Waals surface area contributed by atoms with Crippen molar-refractivity contribution in [1.82, 2.24) is 4.90 Å². The molecular formula is C10H16N2O. The summed E-state index contributed by atoms with van der Waals surface area (Å²) in [4.78, 5) is 2.40. The molecule has 1 aliphatic rings. The highest BCUT2D eigenvalue weighted by Crippen LogP contribution is 2.17. The fraction of sp³-hybridized carbons (Fsp3) is 0.600. The molecule has 0 radical (unpaired) electrons. The molecule has 3 nitrogen and oxygen atoms in total. The molecule has 1 aromatic rings. The smallest absolute Gasteiger partial charge is 0.117 e. The van der Waals surface area contributed by atoms with Gasteiger partial charge < -0.3 is 10.2 Å². The molecule has 1 aliphatic heterocycles. The van der Waals surface area contributed by atoms with Crippen LogP contribution < -0.4 is 5.73 Å². The van der Waals surface area contributed by atoms with Crippen molar-refractivity contribution in [3.8, 4) is 0 Å². The highest BCUT2D eigenvalue weighted by Gasteiger charge is 2.21. The predicted molar refractivity (Wildman–Crippen MR) is 51.1 cm³/mol. The Labute approximate surface area is 78.5 Å². The van der Waals surface area contributed by atoms with Gasteiger partial charge >= 0.3 is 0 Å². The van der Waals surface area contributed by atoms with E-state index in [1.54, 1.807) is 6.26 Å². The first-order valence-corrected chi connectivity index (χ1v) is 4.83. The summed E-state index contributed by atoms with van der Waals surface area (Å²) in [7, 11) is 0. The summed E-state index contributed by atoms with van der Waals surface area (Å²) in [6.45, 7) is 4.03. The lowest BCUT2D eigenvalue weighted by Crippen LogP contribution is -2.22. The van der Waals surface area contributed by atoms with Crippen LogP contribution in [0.25, 0.3) is 0 Å². The first-order valence-electron chi connectivity index (χ1n) is 4.83. The van der Waals surface area contributed by atoms with Crippen LogP contribution in [0.3, 0.4) is 0 Å². The lowest BCUT2D eigenvalue weighted by molar-refractivity contribution is 0.287. The van der Waals surface area contributed by atoms with E-state index < -0.39 is 0 Å². The highest BCUT2D eigenvalue weighted by atomic mass is 16.3. The van der Waals surface area contributed by atoms with Crippen molar-refractivity contribution in [2.45, 2.75) is 13.0 Å². The molecule has 0 aromatic carbocycles. The molecule has 2 heterocycles. The van der Waals surface area contributed by atoms with Crippen LogP contribution in [-0.4, -0.2) is 24.5 Å². The van der Waals surface area contributed by atoms with E-state index in [0.29, 0.717) is 5.92 Å². The van der Waals surface area contributed by atoms with E-state index in [1.807, 2.05) is 12.1 Å². The standard InChI is InChI=1S/C10H16N2O/c11-6-9-3-4-12(7-9)8-10-2-1-5-13-10/h1-2,5,9H,3-4,6-8,11H2. The normalized spacial score (nSPS) is 23.9. The van der Waals surface area contributed by atoms with Crippen LogP contribution in [0.2, 0.25) is 0 Å². The molecule has 13 heavy (non-hydrogen) atoms. The summed E-state index contributed by atoms with van der Waals surface area (Å²) in [5, 5.41) is 0. The topological polar surface area (TPSA) is 42.4 Å². The Kier molecular flexibility index (Phi) is 2.66. The SMILES string of the molecule is NCC1CCN(Cc2ccco2)C1. The van der Waals surface area contributed by atoms with E-state index in [9.17, 15) is 0 Å². The van der Waals surface area contributed by atoms with Crippen molar-refractivity contribution in [2.24, 2.45) is 11.7 Å². The predicted octanol–water partition coefficient (Wildman–Crippen LogP) is 1.06. The third kappa shape index (κ3) is 2.11. The third-order valence-electron chi connectivity index (χ3n) is 2.66. The van der Waals surface area contributed by atoms with E-state index in [4.69, 9.17) is 10.2 Å². The second kappa shape index (κ2) is 3.94. The summed E-state index contributed by atoms with van der Waals surface area (Å²) in [6.07, 6.45) is 2.96. The van der Waals surface area contributed by atoms with E-state index in [1.165, 1.54) is 6.42 Å². The number of hydrogen-bond donors (Lipinski definition) is 1. The summed E-state index contributed by atoms with van der Waals surface area (Å²) < 4.78 is 5.29. The van der Waals surface area contributed by atoms with Gasteiger partial charge in [0.2, 0.25) is 0 Å². The Balaban J connectivity index is 1.84. The van der Waals surface area contributed by atoms with Gasteiger partial charge in [-0.3, -0.25) is 4.90 Å². The van der Waals surface area contributed by atoms with Gasteiger partial charge in [-0.05, 0) is 37.6 Å². The zero-order chi connectivity index (χ0) is 9.10. The van der Waals surface area contributed by atoms with Crippen molar-refractivity contribution >= 4 is 0 Å². The minimum atomic E-state index is 0.690. The molecule has 0 saturated carbocycles. The second-order valence-electron chi connectivity index (χ2n) is 3.70. The maximum Gasteiger partial charge on any atom is 0.117 e. The van der Waals surface area contributed by atoms with Crippen LogP contribution in [0.1, 0.15) is 12.2 Å². The molecule has 3 heteroatoms. The number of nitrogens with zero attached hydrogens (tertiary/aromatic N) is 1. The Morgan fingerprint density at radius 2 is 2.54 bits per heavy atom. The Morgan fingerprint density at radius 3 is 3.15 bits per heavy atom. The first-order chi connectivity index (χ1) is 6.38. The van der Waals surface area contributed by atoms with Crippen LogP contribution >= 0.6 is 0 Å². The number of hydrogen-bond acceptors (Lipinski definition) is 3.